The van der Waals surface area contributed by atoms with Crippen LogP contribution in [-0.2, 0) is 23.9 Å². The van der Waals surface area contributed by atoms with E-state index in [1.165, 1.54) is 10.6 Å². The first-order valence-corrected chi connectivity index (χ1v) is 9.42. The largest absolute Gasteiger partial charge is 0.433 e. The number of halogens is 5. The molecule has 0 aliphatic carbocycles. The number of amides is 1. The van der Waals surface area contributed by atoms with Gasteiger partial charge in [0.2, 0.25) is 5.91 Å². The highest BCUT2D eigenvalue weighted by Gasteiger charge is 2.40. The van der Waals surface area contributed by atoms with Crippen molar-refractivity contribution in [3.63, 3.8) is 0 Å². The van der Waals surface area contributed by atoms with Crippen molar-refractivity contribution in [2.45, 2.75) is 50.4 Å². The molecular formula is C18H18F5N5O2. The maximum absolute atomic E-state index is 13.5. The van der Waals surface area contributed by atoms with Gasteiger partial charge in [-0.1, -0.05) is 6.07 Å². The second-order valence-corrected chi connectivity index (χ2v) is 7.46. The van der Waals surface area contributed by atoms with Crippen LogP contribution in [0.15, 0.2) is 23.1 Å². The number of nitrogens with zero attached hydrogens (tertiary/aromatic N) is 5. The molecule has 3 atom stereocenters. The number of pyridine rings is 1. The summed E-state index contributed by atoms with van der Waals surface area (Å²) in [6, 6.07) is 1.12. The number of rotatable bonds is 3. The number of alkyl halides is 5. The Morgan fingerprint density at radius 1 is 1.17 bits per heavy atom. The summed E-state index contributed by atoms with van der Waals surface area (Å²) in [6.45, 7) is -0.828. The van der Waals surface area contributed by atoms with Crippen LogP contribution in [-0.4, -0.2) is 55.6 Å². The summed E-state index contributed by atoms with van der Waals surface area (Å²) < 4.78 is 67.2. The van der Waals surface area contributed by atoms with Gasteiger partial charge in [0, 0.05) is 12.6 Å². The maximum atomic E-state index is 13.5. The first kappa shape index (κ1) is 20.5. The molecule has 1 amide bonds. The van der Waals surface area contributed by atoms with Crippen molar-refractivity contribution in [3.05, 3.63) is 45.9 Å². The molecule has 0 spiro atoms. The van der Waals surface area contributed by atoms with E-state index in [1.807, 2.05) is 0 Å². The average molecular weight is 431 g/mol. The Balaban J connectivity index is 1.57. The highest BCUT2D eigenvalue weighted by atomic mass is 19.4. The minimum atomic E-state index is -4.57. The van der Waals surface area contributed by atoms with Crippen LogP contribution in [0.5, 0.6) is 0 Å². The van der Waals surface area contributed by atoms with Crippen molar-refractivity contribution in [1.29, 1.82) is 0 Å². The monoisotopic (exact) mass is 431 g/mol. The van der Waals surface area contributed by atoms with Crippen LogP contribution in [0.4, 0.5) is 22.0 Å². The Hall–Kier alpha value is -2.79. The Kier molecular flexibility index (Phi) is 5.10. The molecule has 12 heteroatoms. The van der Waals surface area contributed by atoms with Gasteiger partial charge in [0.15, 0.2) is 12.3 Å². The van der Waals surface area contributed by atoms with Gasteiger partial charge in [0.1, 0.15) is 17.6 Å². The smallest absolute Gasteiger partial charge is 0.335 e. The lowest BCUT2D eigenvalue weighted by molar-refractivity contribution is -0.141. The molecule has 162 valence electrons. The molecule has 2 aromatic rings. The minimum Gasteiger partial charge on any atom is -0.335 e. The lowest BCUT2D eigenvalue weighted by atomic mass is 10.0. The average Bonchev–Trinajstić information content (AvgIpc) is 3.20. The molecule has 1 saturated heterocycles. The zero-order valence-electron chi connectivity index (χ0n) is 15.6. The highest BCUT2D eigenvalue weighted by Crippen LogP contribution is 2.28. The number of fused-ring (bicyclic) bond motifs is 1. The summed E-state index contributed by atoms with van der Waals surface area (Å²) in [5.41, 5.74) is -1.31. The fraction of sp³-hybridized carbons (Fsp3) is 0.556. The number of aryl methyl sites for hydroxylation is 1. The molecule has 0 bridgehead atoms. The van der Waals surface area contributed by atoms with Crippen LogP contribution in [0.2, 0.25) is 0 Å². The summed E-state index contributed by atoms with van der Waals surface area (Å²) in [5, 5.41) is 4.20. The summed E-state index contributed by atoms with van der Waals surface area (Å²) in [7, 11) is 0. The van der Waals surface area contributed by atoms with E-state index in [2.05, 4.69) is 10.1 Å². The zero-order chi connectivity index (χ0) is 21.6. The fourth-order valence-electron chi connectivity index (χ4n) is 3.84. The van der Waals surface area contributed by atoms with Crippen LogP contribution in [0.25, 0.3) is 0 Å². The normalized spacial score (nSPS) is 24.2. The lowest BCUT2D eigenvalue weighted by Gasteiger charge is -2.26. The molecule has 4 rings (SSSR count). The topological polar surface area (TPSA) is 73.0 Å². The Morgan fingerprint density at radius 2 is 1.87 bits per heavy atom. The van der Waals surface area contributed by atoms with Gasteiger partial charge < -0.3 is 4.90 Å². The molecule has 7 nitrogen and oxygen atoms in total. The molecule has 2 aromatic heterocycles. The molecule has 0 unspecified atom stereocenters. The molecule has 0 N–H and O–H groups in total. The van der Waals surface area contributed by atoms with Gasteiger partial charge in [-0.15, -0.1) is 0 Å². The predicted octanol–water partition coefficient (Wildman–Crippen LogP) is 1.90. The number of hydrogen-bond acceptors (Lipinski definition) is 4. The number of hydrogen-bond donors (Lipinski definition) is 0. The van der Waals surface area contributed by atoms with Gasteiger partial charge in [-0.3, -0.25) is 14.3 Å². The van der Waals surface area contributed by atoms with Crippen molar-refractivity contribution in [2.75, 3.05) is 13.1 Å². The number of carbonyl (C=O) groups excluding carboxylic acids is 1. The zero-order valence-corrected chi connectivity index (χ0v) is 15.6. The SMILES string of the molecule is O=C([C@@H]1CCCc2nn(Cc3ccc(C(F)(F)F)nc3)c(=O)n21)N1C[C@@H](F)[C@@H](F)C1. The predicted molar refractivity (Wildman–Crippen MR) is 93.2 cm³/mol. The first-order chi connectivity index (χ1) is 14.1. The van der Waals surface area contributed by atoms with E-state index >= 15 is 0 Å². The molecular weight excluding hydrogens is 413 g/mol. The molecule has 4 heterocycles. The van der Waals surface area contributed by atoms with Crippen molar-refractivity contribution in [3.8, 4) is 0 Å². The van der Waals surface area contributed by atoms with Crippen molar-refractivity contribution >= 4 is 5.91 Å². The summed E-state index contributed by atoms with van der Waals surface area (Å²) in [4.78, 5) is 30.1. The van der Waals surface area contributed by atoms with E-state index in [0.29, 0.717) is 30.7 Å². The van der Waals surface area contributed by atoms with E-state index in [0.717, 1.165) is 21.8 Å². The Bertz CT molecular complexity index is 990. The van der Waals surface area contributed by atoms with E-state index in [9.17, 15) is 31.5 Å². The highest BCUT2D eigenvalue weighted by molar-refractivity contribution is 5.81. The van der Waals surface area contributed by atoms with Gasteiger partial charge in [0.25, 0.3) is 0 Å². The second-order valence-electron chi connectivity index (χ2n) is 7.46. The molecule has 30 heavy (non-hydrogen) atoms. The fourth-order valence-corrected chi connectivity index (χ4v) is 3.84. The summed E-state index contributed by atoms with van der Waals surface area (Å²) >= 11 is 0. The Morgan fingerprint density at radius 3 is 2.47 bits per heavy atom. The van der Waals surface area contributed by atoms with Gasteiger partial charge in [-0.05, 0) is 24.5 Å². The number of carbonyl (C=O) groups is 1. The lowest BCUT2D eigenvalue weighted by Crippen LogP contribution is -2.42. The molecule has 2 aliphatic rings. The minimum absolute atomic E-state index is 0.117. The molecule has 0 radical (unpaired) electrons. The van der Waals surface area contributed by atoms with Gasteiger partial charge in [-0.25, -0.2) is 18.3 Å². The van der Waals surface area contributed by atoms with Gasteiger partial charge in [-0.2, -0.15) is 18.3 Å². The van der Waals surface area contributed by atoms with E-state index in [4.69, 9.17) is 0 Å². The third-order valence-corrected chi connectivity index (χ3v) is 5.36. The quantitative estimate of drug-likeness (QED) is 0.696. The summed E-state index contributed by atoms with van der Waals surface area (Å²) in [5.74, 6) is -0.172. The maximum Gasteiger partial charge on any atom is 0.433 e. The van der Waals surface area contributed by atoms with Crippen LogP contribution < -0.4 is 5.69 Å². The first-order valence-electron chi connectivity index (χ1n) is 9.42. The standard InChI is InChI=1S/C18H18F5N5O2/c19-11-8-26(9-12(11)20)16(29)13-2-1-3-15-25-27(17(30)28(13)15)7-10-4-5-14(24-6-10)18(21,22)23/h4-6,11-13H,1-3,7-9H2/t11-,12+,13-/m0/s1. The van der Waals surface area contributed by atoms with Gasteiger partial charge in [0.05, 0.1) is 19.6 Å². The number of aromatic nitrogens is 4. The van der Waals surface area contributed by atoms with E-state index < -0.39 is 41.9 Å². The van der Waals surface area contributed by atoms with Crippen LogP contribution in [0.1, 0.15) is 36.0 Å². The third kappa shape index (κ3) is 3.70. The van der Waals surface area contributed by atoms with Crippen molar-refractivity contribution < 1.29 is 26.7 Å². The third-order valence-electron chi connectivity index (χ3n) is 5.36. The van der Waals surface area contributed by atoms with Gasteiger partial charge >= 0.3 is 11.9 Å². The Labute approximate surface area is 167 Å². The van der Waals surface area contributed by atoms with Crippen LogP contribution in [0, 0.1) is 0 Å². The molecule has 1 fully saturated rings. The van der Waals surface area contributed by atoms with Crippen molar-refractivity contribution in [1.82, 2.24) is 24.2 Å². The van der Waals surface area contributed by atoms with Crippen molar-refractivity contribution in [2.24, 2.45) is 0 Å². The van der Waals surface area contributed by atoms with E-state index in [1.54, 1.807) is 0 Å². The number of likely N-dealkylation sites (tertiary alicyclic amines) is 1. The van der Waals surface area contributed by atoms with E-state index in [-0.39, 0.29) is 19.6 Å². The molecule has 2 aliphatic heterocycles. The molecule has 0 aromatic carbocycles. The second kappa shape index (κ2) is 7.47. The molecule has 0 saturated carbocycles. The van der Waals surface area contributed by atoms with Crippen LogP contribution >= 0.6 is 0 Å². The summed E-state index contributed by atoms with van der Waals surface area (Å²) in [6.07, 6.45) is -5.70. The van der Waals surface area contributed by atoms with Crippen LogP contribution in [0.3, 0.4) is 0 Å².